The summed E-state index contributed by atoms with van der Waals surface area (Å²) >= 11 is 0. The molecule has 27 heavy (non-hydrogen) atoms. The van der Waals surface area contributed by atoms with Crippen LogP contribution in [0.25, 0.3) is 11.8 Å². The highest BCUT2D eigenvalue weighted by Gasteiger charge is 2.16. The van der Waals surface area contributed by atoms with Crippen LogP contribution in [0, 0.1) is 17.0 Å². The number of allylic oxidation sites excluding steroid dienone is 1. The van der Waals surface area contributed by atoms with Crippen LogP contribution in [0.3, 0.4) is 0 Å². The first-order chi connectivity index (χ1) is 13.0. The average molecular weight is 364 g/mol. The van der Waals surface area contributed by atoms with E-state index in [1.54, 1.807) is 44.4 Å². The van der Waals surface area contributed by atoms with Crippen LogP contribution in [0.1, 0.15) is 21.7 Å². The molecule has 3 rings (SSSR count). The molecular formula is C19H16N4O4. The lowest BCUT2D eigenvalue weighted by Crippen LogP contribution is -2.02. The second-order valence-electron chi connectivity index (χ2n) is 5.68. The van der Waals surface area contributed by atoms with Gasteiger partial charge >= 0.3 is 0 Å². The summed E-state index contributed by atoms with van der Waals surface area (Å²) in [5.74, 6) is 0.455. The van der Waals surface area contributed by atoms with Crippen LogP contribution in [0.4, 0.5) is 5.69 Å². The van der Waals surface area contributed by atoms with Gasteiger partial charge in [-0.15, -0.1) is 5.10 Å². The smallest absolute Gasteiger partial charge is 0.269 e. The van der Waals surface area contributed by atoms with E-state index in [-0.39, 0.29) is 17.2 Å². The van der Waals surface area contributed by atoms with Gasteiger partial charge in [0.05, 0.1) is 23.4 Å². The summed E-state index contributed by atoms with van der Waals surface area (Å²) in [4.78, 5) is 22.7. The third-order valence-electron chi connectivity index (χ3n) is 3.98. The first-order valence-corrected chi connectivity index (χ1v) is 8.03. The summed E-state index contributed by atoms with van der Waals surface area (Å²) in [6, 6.07) is 13.2. The Morgan fingerprint density at radius 1 is 1.15 bits per heavy atom. The van der Waals surface area contributed by atoms with Gasteiger partial charge in [0.25, 0.3) is 5.69 Å². The Morgan fingerprint density at radius 3 is 2.41 bits per heavy atom. The summed E-state index contributed by atoms with van der Waals surface area (Å²) in [7, 11) is 1.59. The van der Waals surface area contributed by atoms with E-state index in [1.165, 1.54) is 22.9 Å². The average Bonchev–Trinajstić information content (AvgIpc) is 3.08. The zero-order valence-electron chi connectivity index (χ0n) is 14.7. The number of methoxy groups -OCH3 is 1. The highest BCUT2D eigenvalue weighted by Crippen LogP contribution is 2.18. The number of rotatable bonds is 6. The number of aromatic nitrogens is 3. The number of carbonyl (C=O) groups is 1. The van der Waals surface area contributed by atoms with E-state index in [4.69, 9.17) is 4.74 Å². The van der Waals surface area contributed by atoms with E-state index >= 15 is 0 Å². The number of ether oxygens (including phenoxy) is 1. The highest BCUT2D eigenvalue weighted by molar-refractivity contribution is 6.06. The number of carbonyl (C=O) groups excluding carboxylic acids is 1. The summed E-state index contributed by atoms with van der Waals surface area (Å²) in [6.07, 6.45) is 3.12. The largest absolute Gasteiger partial charge is 0.497 e. The van der Waals surface area contributed by atoms with Crippen molar-refractivity contribution in [1.29, 1.82) is 0 Å². The number of nitrogens with zero attached hydrogens (tertiary/aromatic N) is 4. The van der Waals surface area contributed by atoms with Gasteiger partial charge in [-0.1, -0.05) is 23.4 Å². The molecule has 2 aromatic carbocycles. The molecular weight excluding hydrogens is 348 g/mol. The van der Waals surface area contributed by atoms with Gasteiger partial charge in [0.15, 0.2) is 5.69 Å². The first kappa shape index (κ1) is 18.0. The van der Waals surface area contributed by atoms with E-state index in [9.17, 15) is 14.9 Å². The van der Waals surface area contributed by atoms with Crippen LogP contribution in [0.15, 0.2) is 54.6 Å². The van der Waals surface area contributed by atoms with Gasteiger partial charge in [0, 0.05) is 12.1 Å². The van der Waals surface area contributed by atoms with Crippen molar-refractivity contribution in [2.75, 3.05) is 7.11 Å². The molecule has 0 fully saturated rings. The van der Waals surface area contributed by atoms with Crippen molar-refractivity contribution in [1.82, 2.24) is 15.0 Å². The van der Waals surface area contributed by atoms with Crippen molar-refractivity contribution in [3.05, 3.63) is 81.7 Å². The molecule has 0 N–H and O–H groups in total. The maximum Gasteiger partial charge on any atom is 0.269 e. The van der Waals surface area contributed by atoms with E-state index in [0.717, 1.165) is 11.3 Å². The minimum Gasteiger partial charge on any atom is -0.497 e. The van der Waals surface area contributed by atoms with E-state index < -0.39 is 4.92 Å². The van der Waals surface area contributed by atoms with Crippen molar-refractivity contribution in [3.63, 3.8) is 0 Å². The molecule has 0 spiro atoms. The predicted molar refractivity (Wildman–Crippen MR) is 99.1 cm³/mol. The molecule has 0 atom stereocenters. The Hall–Kier alpha value is -3.81. The van der Waals surface area contributed by atoms with Crippen LogP contribution in [-0.2, 0) is 0 Å². The Balaban J connectivity index is 1.80. The minimum atomic E-state index is -0.475. The highest BCUT2D eigenvalue weighted by atomic mass is 16.6. The van der Waals surface area contributed by atoms with Gasteiger partial charge in [-0.25, -0.2) is 4.68 Å². The molecule has 0 aliphatic heterocycles. The number of nitro benzene ring substituents is 1. The zero-order chi connectivity index (χ0) is 19.4. The molecule has 0 amide bonds. The van der Waals surface area contributed by atoms with Crippen molar-refractivity contribution in [3.8, 4) is 11.4 Å². The first-order valence-electron chi connectivity index (χ1n) is 8.03. The third-order valence-corrected chi connectivity index (χ3v) is 3.98. The standard InChI is InChI=1S/C19H16N4O4/c1-13-19(18(24)12-5-14-3-10-17(27-2)11-4-14)20-21-22(13)15-6-8-16(9-7-15)23(25)26/h3-12H,1-2H3/b12-5+. The van der Waals surface area contributed by atoms with Crippen molar-refractivity contribution in [2.24, 2.45) is 0 Å². The lowest BCUT2D eigenvalue weighted by atomic mass is 10.1. The van der Waals surface area contributed by atoms with Crippen LogP contribution in [0.2, 0.25) is 0 Å². The lowest BCUT2D eigenvalue weighted by molar-refractivity contribution is -0.384. The normalized spacial score (nSPS) is 10.9. The third kappa shape index (κ3) is 3.90. The number of ketones is 1. The van der Waals surface area contributed by atoms with E-state index in [0.29, 0.717) is 11.4 Å². The van der Waals surface area contributed by atoms with Crippen molar-refractivity contribution in [2.45, 2.75) is 6.92 Å². The molecule has 1 heterocycles. The van der Waals surface area contributed by atoms with Crippen molar-refractivity contribution >= 4 is 17.5 Å². The monoisotopic (exact) mass is 364 g/mol. The van der Waals surface area contributed by atoms with Gasteiger partial charge in [0.2, 0.25) is 5.78 Å². The van der Waals surface area contributed by atoms with Gasteiger partial charge in [-0.05, 0) is 42.8 Å². The molecule has 136 valence electrons. The Bertz CT molecular complexity index is 1010. The number of hydrogen-bond acceptors (Lipinski definition) is 6. The van der Waals surface area contributed by atoms with Gasteiger partial charge in [-0.3, -0.25) is 14.9 Å². The molecule has 0 aliphatic rings. The number of nitro groups is 1. The van der Waals surface area contributed by atoms with Gasteiger partial charge < -0.3 is 4.74 Å². The molecule has 0 unspecified atom stereocenters. The van der Waals surface area contributed by atoms with E-state index in [2.05, 4.69) is 10.3 Å². The van der Waals surface area contributed by atoms with E-state index in [1.807, 2.05) is 12.1 Å². The van der Waals surface area contributed by atoms with Crippen LogP contribution in [0.5, 0.6) is 5.75 Å². The maximum atomic E-state index is 12.4. The SMILES string of the molecule is COc1ccc(/C=C/C(=O)c2nnn(-c3ccc([N+](=O)[O-])cc3)c2C)cc1. The molecule has 3 aromatic rings. The van der Waals surface area contributed by atoms with Crippen molar-refractivity contribution < 1.29 is 14.5 Å². The molecule has 8 nitrogen and oxygen atoms in total. The summed E-state index contributed by atoms with van der Waals surface area (Å²) < 4.78 is 6.57. The number of non-ortho nitro benzene ring substituents is 1. The van der Waals surface area contributed by atoms with Crippen LogP contribution < -0.4 is 4.74 Å². The Kier molecular flexibility index (Phi) is 5.07. The zero-order valence-corrected chi connectivity index (χ0v) is 14.7. The van der Waals surface area contributed by atoms with Crippen LogP contribution >= 0.6 is 0 Å². The predicted octanol–water partition coefficient (Wildman–Crippen LogP) is 3.39. The fraction of sp³-hybridized carbons (Fsp3) is 0.105. The molecule has 1 aromatic heterocycles. The van der Waals surface area contributed by atoms with Gasteiger partial charge in [-0.2, -0.15) is 0 Å². The fourth-order valence-electron chi connectivity index (χ4n) is 2.48. The second-order valence-corrected chi connectivity index (χ2v) is 5.68. The van der Waals surface area contributed by atoms with Crippen LogP contribution in [-0.4, -0.2) is 32.8 Å². The topological polar surface area (TPSA) is 100 Å². The summed E-state index contributed by atoms with van der Waals surface area (Å²) in [5, 5.41) is 18.7. The second kappa shape index (κ2) is 7.61. The molecule has 0 saturated heterocycles. The molecule has 0 bridgehead atoms. The maximum absolute atomic E-state index is 12.4. The minimum absolute atomic E-state index is 0.0183. The molecule has 0 radical (unpaired) electrons. The molecule has 0 saturated carbocycles. The Morgan fingerprint density at radius 2 is 1.81 bits per heavy atom. The molecule has 0 aliphatic carbocycles. The summed E-state index contributed by atoms with van der Waals surface area (Å²) in [6.45, 7) is 1.72. The number of hydrogen-bond donors (Lipinski definition) is 0. The Labute approximate surface area is 154 Å². The summed E-state index contributed by atoms with van der Waals surface area (Å²) in [5.41, 5.74) is 2.19. The lowest BCUT2D eigenvalue weighted by Gasteiger charge is -2.02. The van der Waals surface area contributed by atoms with Gasteiger partial charge in [0.1, 0.15) is 5.75 Å². The fourth-order valence-corrected chi connectivity index (χ4v) is 2.48. The quantitative estimate of drug-likeness (QED) is 0.288. The molecule has 8 heteroatoms. The number of benzene rings is 2.